The molecule has 0 aromatic heterocycles. The monoisotopic (exact) mass is 157 g/mol. The number of carboxylic acid groups (broad SMARTS) is 1. The van der Waals surface area contributed by atoms with Gasteiger partial charge < -0.3 is 10.8 Å². The summed E-state index contributed by atoms with van der Waals surface area (Å²) in [5.74, 6) is -1.15. The predicted molar refractivity (Wildman–Crippen MR) is 33.5 cm³/mol. The van der Waals surface area contributed by atoms with Gasteiger partial charge in [-0.3, -0.25) is 4.79 Å². The number of carboxylic acids is 1. The first-order chi connectivity index (χ1) is 3.66. The molecule has 0 bridgehead atoms. The summed E-state index contributed by atoms with van der Waals surface area (Å²) in [6, 6.07) is 0. The summed E-state index contributed by atoms with van der Waals surface area (Å²) in [5.41, 5.74) is 4.78. The third-order valence-electron chi connectivity index (χ3n) is 0.652. The van der Waals surface area contributed by atoms with Crippen LogP contribution in [0.15, 0.2) is 0 Å². The quantitative estimate of drug-likeness (QED) is 0.614. The molecular weight excluding hydrogens is 148 g/mol. The molecule has 0 aromatic carbocycles. The first-order valence-corrected chi connectivity index (χ1v) is 2.22. The minimum absolute atomic E-state index is 0. The molecule has 0 aliphatic carbocycles. The Morgan fingerprint density at radius 2 is 2.22 bits per heavy atom. The Balaban J connectivity index is 0. The highest BCUT2D eigenvalue weighted by Crippen LogP contribution is 1.92. The van der Waals surface area contributed by atoms with Crippen LogP contribution in [0, 0.1) is 0 Å². The molecule has 0 fully saturated rings. The number of rotatable bonds is 3. The molecular formula is C4H9ClFNO2. The van der Waals surface area contributed by atoms with Crippen LogP contribution < -0.4 is 5.73 Å². The van der Waals surface area contributed by atoms with E-state index in [4.69, 9.17) is 10.8 Å². The molecule has 0 rings (SSSR count). The number of nitrogens with two attached hydrogens (primary N) is 1. The summed E-state index contributed by atoms with van der Waals surface area (Å²) >= 11 is 0. The molecule has 1 atom stereocenters. The number of halogens is 2. The minimum atomic E-state index is -1.40. The van der Waals surface area contributed by atoms with Crippen LogP contribution in [0.2, 0.25) is 0 Å². The predicted octanol–water partition coefficient (Wildman–Crippen LogP) is 0.180. The molecule has 0 spiro atoms. The van der Waals surface area contributed by atoms with E-state index in [-0.39, 0.29) is 19.0 Å². The van der Waals surface area contributed by atoms with Crippen molar-refractivity contribution in [2.75, 3.05) is 6.54 Å². The van der Waals surface area contributed by atoms with E-state index >= 15 is 0 Å². The maximum atomic E-state index is 11.9. The Labute approximate surface area is 58.4 Å². The van der Waals surface area contributed by atoms with Gasteiger partial charge in [0.1, 0.15) is 6.17 Å². The highest BCUT2D eigenvalue weighted by molar-refractivity contribution is 5.85. The maximum Gasteiger partial charge on any atom is 0.306 e. The van der Waals surface area contributed by atoms with Crippen molar-refractivity contribution < 1.29 is 14.3 Å². The lowest BCUT2D eigenvalue weighted by atomic mass is 10.3. The van der Waals surface area contributed by atoms with Gasteiger partial charge in [0, 0.05) is 6.54 Å². The van der Waals surface area contributed by atoms with Gasteiger partial charge in [0.2, 0.25) is 0 Å². The van der Waals surface area contributed by atoms with Crippen LogP contribution >= 0.6 is 12.4 Å². The van der Waals surface area contributed by atoms with Crippen LogP contribution in [0.1, 0.15) is 6.42 Å². The van der Waals surface area contributed by atoms with E-state index in [1.54, 1.807) is 0 Å². The topological polar surface area (TPSA) is 63.3 Å². The van der Waals surface area contributed by atoms with Crippen molar-refractivity contribution in [1.29, 1.82) is 0 Å². The van der Waals surface area contributed by atoms with Crippen LogP contribution in [0.5, 0.6) is 0 Å². The van der Waals surface area contributed by atoms with Crippen molar-refractivity contribution in [3.63, 3.8) is 0 Å². The van der Waals surface area contributed by atoms with Crippen molar-refractivity contribution in [2.24, 2.45) is 5.73 Å². The van der Waals surface area contributed by atoms with E-state index < -0.39 is 18.6 Å². The van der Waals surface area contributed by atoms with Crippen LogP contribution in [-0.4, -0.2) is 23.8 Å². The highest BCUT2D eigenvalue weighted by Gasteiger charge is 2.07. The van der Waals surface area contributed by atoms with Crippen LogP contribution in [0.4, 0.5) is 4.39 Å². The Kier molecular flexibility index (Phi) is 7.35. The van der Waals surface area contributed by atoms with Gasteiger partial charge in [0.25, 0.3) is 0 Å². The lowest BCUT2D eigenvalue weighted by Crippen LogP contribution is -2.18. The first-order valence-electron chi connectivity index (χ1n) is 2.22. The summed E-state index contributed by atoms with van der Waals surface area (Å²) in [5, 5.41) is 7.92. The molecule has 0 saturated heterocycles. The first kappa shape index (κ1) is 11.4. The van der Waals surface area contributed by atoms with Gasteiger partial charge >= 0.3 is 5.97 Å². The molecule has 0 radical (unpaired) electrons. The van der Waals surface area contributed by atoms with Gasteiger partial charge in [-0.25, -0.2) is 4.39 Å². The molecule has 0 unspecified atom stereocenters. The highest BCUT2D eigenvalue weighted by atomic mass is 35.5. The fourth-order valence-corrected chi connectivity index (χ4v) is 0.273. The largest absolute Gasteiger partial charge is 0.481 e. The third kappa shape index (κ3) is 7.65. The standard InChI is InChI=1S/C4H8FNO2.ClH/c5-3(2-6)1-4(7)8;/h3H,1-2,6H2,(H,7,8);1H/t3-;/m1./s1. The van der Waals surface area contributed by atoms with Crippen molar-refractivity contribution in [3.8, 4) is 0 Å². The molecule has 3 N–H and O–H groups in total. The number of hydrogen-bond donors (Lipinski definition) is 2. The lowest BCUT2D eigenvalue weighted by Gasteiger charge is -1.96. The van der Waals surface area contributed by atoms with E-state index in [2.05, 4.69) is 0 Å². The van der Waals surface area contributed by atoms with Gasteiger partial charge in [-0.05, 0) is 0 Å². The SMILES string of the molecule is Cl.NC[C@H](F)CC(=O)O. The van der Waals surface area contributed by atoms with Crippen molar-refractivity contribution in [1.82, 2.24) is 0 Å². The maximum absolute atomic E-state index is 11.9. The number of carbonyl (C=O) groups is 1. The molecule has 0 aliphatic heterocycles. The van der Waals surface area contributed by atoms with Crippen LogP contribution in [0.3, 0.4) is 0 Å². The second-order valence-corrected chi connectivity index (χ2v) is 1.43. The number of hydrogen-bond acceptors (Lipinski definition) is 2. The fraction of sp³-hybridized carbons (Fsp3) is 0.750. The number of aliphatic carboxylic acids is 1. The minimum Gasteiger partial charge on any atom is -0.481 e. The summed E-state index contributed by atoms with van der Waals surface area (Å²) < 4.78 is 11.9. The fourth-order valence-electron chi connectivity index (χ4n) is 0.273. The molecule has 0 aliphatic rings. The van der Waals surface area contributed by atoms with Gasteiger partial charge in [-0.15, -0.1) is 12.4 Å². The van der Waals surface area contributed by atoms with Crippen LogP contribution in [-0.2, 0) is 4.79 Å². The molecule has 5 heteroatoms. The summed E-state index contributed by atoms with van der Waals surface area (Å²) in [4.78, 5) is 9.67. The molecule has 0 amide bonds. The van der Waals surface area contributed by atoms with Crippen molar-refractivity contribution in [2.45, 2.75) is 12.6 Å². The molecule has 0 saturated carbocycles. The van der Waals surface area contributed by atoms with Crippen molar-refractivity contribution in [3.05, 3.63) is 0 Å². The van der Waals surface area contributed by atoms with E-state index in [9.17, 15) is 9.18 Å². The lowest BCUT2D eigenvalue weighted by molar-refractivity contribution is -0.138. The molecule has 0 heterocycles. The van der Waals surface area contributed by atoms with E-state index in [1.807, 2.05) is 0 Å². The van der Waals surface area contributed by atoms with E-state index in [0.717, 1.165) is 0 Å². The van der Waals surface area contributed by atoms with Gasteiger partial charge in [0.05, 0.1) is 6.42 Å². The Morgan fingerprint density at radius 3 is 2.33 bits per heavy atom. The van der Waals surface area contributed by atoms with E-state index in [1.165, 1.54) is 0 Å². The zero-order valence-corrected chi connectivity index (χ0v) is 5.53. The van der Waals surface area contributed by atoms with E-state index in [0.29, 0.717) is 0 Å². The zero-order chi connectivity index (χ0) is 6.57. The number of alkyl halides is 1. The average Bonchev–Trinajstić information content (AvgIpc) is 1.65. The Bertz CT molecular complexity index is 90.6. The second kappa shape index (κ2) is 5.78. The summed E-state index contributed by atoms with van der Waals surface area (Å²) in [7, 11) is 0. The normalized spacial score (nSPS) is 11.8. The molecule has 9 heavy (non-hydrogen) atoms. The molecule has 56 valence electrons. The van der Waals surface area contributed by atoms with Gasteiger partial charge in [-0.2, -0.15) is 0 Å². The van der Waals surface area contributed by atoms with Gasteiger partial charge in [0.15, 0.2) is 0 Å². The smallest absolute Gasteiger partial charge is 0.306 e. The third-order valence-corrected chi connectivity index (χ3v) is 0.652. The second-order valence-electron chi connectivity index (χ2n) is 1.43. The Hall–Kier alpha value is -0.350. The summed E-state index contributed by atoms with van der Waals surface area (Å²) in [6.07, 6.45) is -1.89. The molecule has 3 nitrogen and oxygen atoms in total. The summed E-state index contributed by atoms with van der Waals surface area (Å²) in [6.45, 7) is -0.216. The Morgan fingerprint density at radius 1 is 1.78 bits per heavy atom. The van der Waals surface area contributed by atoms with Crippen LogP contribution in [0.25, 0.3) is 0 Å². The molecule has 0 aromatic rings. The zero-order valence-electron chi connectivity index (χ0n) is 4.71. The average molecular weight is 158 g/mol. The van der Waals surface area contributed by atoms with Gasteiger partial charge in [-0.1, -0.05) is 0 Å². The van der Waals surface area contributed by atoms with Crippen molar-refractivity contribution >= 4 is 18.4 Å².